The molecule has 2 aromatic rings. The fourth-order valence-electron chi connectivity index (χ4n) is 2.65. The van der Waals surface area contributed by atoms with Crippen molar-refractivity contribution < 1.29 is 4.74 Å². The van der Waals surface area contributed by atoms with E-state index in [2.05, 4.69) is 35.2 Å². The van der Waals surface area contributed by atoms with Crippen LogP contribution in [0.2, 0.25) is 0 Å². The van der Waals surface area contributed by atoms with Crippen molar-refractivity contribution in [3.05, 3.63) is 60.2 Å². The van der Waals surface area contributed by atoms with Crippen LogP contribution in [0.25, 0.3) is 0 Å². The lowest BCUT2D eigenvalue weighted by atomic mass is 10.2. The van der Waals surface area contributed by atoms with E-state index >= 15 is 0 Å². The summed E-state index contributed by atoms with van der Waals surface area (Å²) in [5, 5.41) is 0. The summed E-state index contributed by atoms with van der Waals surface area (Å²) in [6.45, 7) is 3.03. The number of ether oxygens (including phenoxy) is 1. The quantitative estimate of drug-likeness (QED) is 0.866. The van der Waals surface area contributed by atoms with Crippen molar-refractivity contribution in [1.82, 2.24) is 4.90 Å². The summed E-state index contributed by atoms with van der Waals surface area (Å²) in [6.07, 6.45) is 1.30. The highest BCUT2D eigenvalue weighted by atomic mass is 16.5. The minimum Gasteiger partial charge on any atom is -0.487 e. The standard InChI is InChI=1S/C17H20N2O/c18-16-8-4-5-9-17(16)20-15-10-11-19(13-15)12-14-6-2-1-3-7-14/h1-9,15H,10-13,18H2/t15-/m1/s1. The Morgan fingerprint density at radius 2 is 1.80 bits per heavy atom. The van der Waals surface area contributed by atoms with E-state index in [0.717, 1.165) is 31.8 Å². The molecule has 1 aliphatic heterocycles. The van der Waals surface area contributed by atoms with Gasteiger partial charge in [0.2, 0.25) is 0 Å². The van der Waals surface area contributed by atoms with Gasteiger partial charge in [-0.3, -0.25) is 4.90 Å². The molecule has 0 aliphatic carbocycles. The van der Waals surface area contributed by atoms with Gasteiger partial charge in [0, 0.05) is 19.6 Å². The zero-order valence-corrected chi connectivity index (χ0v) is 11.5. The number of hydrogen-bond acceptors (Lipinski definition) is 3. The lowest BCUT2D eigenvalue weighted by Gasteiger charge is -2.17. The molecular formula is C17H20N2O. The summed E-state index contributed by atoms with van der Waals surface area (Å²) in [5.74, 6) is 0.805. The highest BCUT2D eigenvalue weighted by molar-refractivity contribution is 5.51. The Bertz CT molecular complexity index is 556. The Hall–Kier alpha value is -2.00. The first-order valence-corrected chi connectivity index (χ1v) is 7.09. The monoisotopic (exact) mass is 268 g/mol. The molecule has 1 fully saturated rings. The SMILES string of the molecule is Nc1ccccc1O[C@@H]1CCN(Cc2ccccc2)C1. The second-order valence-corrected chi connectivity index (χ2v) is 5.29. The molecule has 3 heteroatoms. The van der Waals surface area contributed by atoms with Crippen LogP contribution in [0.15, 0.2) is 54.6 Å². The molecular weight excluding hydrogens is 248 g/mol. The number of nitrogens with zero attached hydrogens (tertiary/aromatic N) is 1. The Kier molecular flexibility index (Phi) is 3.88. The second kappa shape index (κ2) is 5.97. The molecule has 3 rings (SSSR count). The number of nitrogens with two attached hydrogens (primary N) is 1. The molecule has 0 aromatic heterocycles. The van der Waals surface area contributed by atoms with E-state index in [1.807, 2.05) is 24.3 Å². The third-order valence-electron chi connectivity index (χ3n) is 3.69. The lowest BCUT2D eigenvalue weighted by Crippen LogP contribution is -2.24. The van der Waals surface area contributed by atoms with Gasteiger partial charge in [-0.05, 0) is 24.1 Å². The van der Waals surface area contributed by atoms with Gasteiger partial charge >= 0.3 is 0 Å². The molecule has 0 spiro atoms. The number of nitrogen functional groups attached to an aromatic ring is 1. The zero-order valence-electron chi connectivity index (χ0n) is 11.5. The minimum absolute atomic E-state index is 0.239. The molecule has 2 aromatic carbocycles. The van der Waals surface area contributed by atoms with Crippen LogP contribution in [0.1, 0.15) is 12.0 Å². The van der Waals surface area contributed by atoms with Crippen molar-refractivity contribution >= 4 is 5.69 Å². The smallest absolute Gasteiger partial charge is 0.142 e. The molecule has 3 nitrogen and oxygen atoms in total. The molecule has 0 amide bonds. The first kappa shape index (κ1) is 13.0. The van der Waals surface area contributed by atoms with Crippen LogP contribution in [0.3, 0.4) is 0 Å². The fourth-order valence-corrected chi connectivity index (χ4v) is 2.65. The average molecular weight is 268 g/mol. The van der Waals surface area contributed by atoms with Crippen molar-refractivity contribution in [2.24, 2.45) is 0 Å². The molecule has 0 unspecified atom stereocenters. The summed E-state index contributed by atoms with van der Waals surface area (Å²) in [5.41, 5.74) is 7.99. The molecule has 1 saturated heterocycles. The summed E-state index contributed by atoms with van der Waals surface area (Å²) < 4.78 is 6.01. The van der Waals surface area contributed by atoms with Crippen molar-refractivity contribution in [3.8, 4) is 5.75 Å². The lowest BCUT2D eigenvalue weighted by molar-refractivity contribution is 0.199. The first-order valence-electron chi connectivity index (χ1n) is 7.09. The van der Waals surface area contributed by atoms with E-state index in [4.69, 9.17) is 10.5 Å². The summed E-state index contributed by atoms with van der Waals surface area (Å²) in [6, 6.07) is 18.3. The van der Waals surface area contributed by atoms with Crippen LogP contribution in [0, 0.1) is 0 Å². The summed E-state index contributed by atoms with van der Waals surface area (Å²) in [4.78, 5) is 2.43. The highest BCUT2D eigenvalue weighted by Gasteiger charge is 2.24. The van der Waals surface area contributed by atoms with Gasteiger partial charge in [-0.15, -0.1) is 0 Å². The predicted molar refractivity (Wildman–Crippen MR) is 81.6 cm³/mol. The number of rotatable bonds is 4. The van der Waals surface area contributed by atoms with Gasteiger partial charge in [-0.1, -0.05) is 42.5 Å². The Morgan fingerprint density at radius 1 is 1.05 bits per heavy atom. The van der Waals surface area contributed by atoms with Crippen LogP contribution >= 0.6 is 0 Å². The maximum Gasteiger partial charge on any atom is 0.142 e. The van der Waals surface area contributed by atoms with Gasteiger partial charge in [0.05, 0.1) is 5.69 Å². The van der Waals surface area contributed by atoms with Crippen LogP contribution in [-0.4, -0.2) is 24.1 Å². The van der Waals surface area contributed by atoms with Gasteiger partial charge in [0.15, 0.2) is 0 Å². The molecule has 1 aliphatic rings. The van der Waals surface area contributed by atoms with Gasteiger partial charge in [-0.2, -0.15) is 0 Å². The van der Waals surface area contributed by atoms with Crippen LogP contribution in [0.4, 0.5) is 5.69 Å². The van der Waals surface area contributed by atoms with Gasteiger partial charge in [0.1, 0.15) is 11.9 Å². The van der Waals surface area contributed by atoms with Crippen LogP contribution in [-0.2, 0) is 6.54 Å². The first-order chi connectivity index (χ1) is 9.81. The van der Waals surface area contributed by atoms with Crippen molar-refractivity contribution in [2.45, 2.75) is 19.1 Å². The maximum absolute atomic E-state index is 6.01. The molecule has 0 radical (unpaired) electrons. The largest absolute Gasteiger partial charge is 0.487 e. The topological polar surface area (TPSA) is 38.5 Å². The third kappa shape index (κ3) is 3.11. The van der Waals surface area contributed by atoms with Crippen molar-refractivity contribution in [3.63, 3.8) is 0 Å². The van der Waals surface area contributed by atoms with Crippen LogP contribution in [0.5, 0.6) is 5.75 Å². The highest BCUT2D eigenvalue weighted by Crippen LogP contribution is 2.24. The van der Waals surface area contributed by atoms with Gasteiger partial charge in [0.25, 0.3) is 0 Å². The minimum atomic E-state index is 0.239. The Morgan fingerprint density at radius 3 is 2.60 bits per heavy atom. The summed E-state index contributed by atoms with van der Waals surface area (Å²) >= 11 is 0. The van der Waals surface area contributed by atoms with E-state index < -0.39 is 0 Å². The third-order valence-corrected chi connectivity index (χ3v) is 3.69. The number of hydrogen-bond donors (Lipinski definition) is 1. The van der Waals surface area contributed by atoms with Crippen LogP contribution < -0.4 is 10.5 Å². The molecule has 0 bridgehead atoms. The van der Waals surface area contributed by atoms with E-state index in [-0.39, 0.29) is 6.10 Å². The number of benzene rings is 2. The van der Waals surface area contributed by atoms with Gasteiger partial charge in [-0.25, -0.2) is 0 Å². The molecule has 1 atom stereocenters. The van der Waals surface area contributed by atoms with Crippen molar-refractivity contribution in [1.29, 1.82) is 0 Å². The summed E-state index contributed by atoms with van der Waals surface area (Å²) in [7, 11) is 0. The Labute approximate surface area is 120 Å². The van der Waals surface area contributed by atoms with E-state index in [1.54, 1.807) is 0 Å². The molecule has 0 saturated carbocycles. The molecule has 1 heterocycles. The van der Waals surface area contributed by atoms with E-state index in [0.29, 0.717) is 5.69 Å². The average Bonchev–Trinajstić information content (AvgIpc) is 2.90. The maximum atomic E-state index is 6.01. The number of anilines is 1. The fraction of sp³-hybridized carbons (Fsp3) is 0.294. The zero-order chi connectivity index (χ0) is 13.8. The van der Waals surface area contributed by atoms with E-state index in [1.165, 1.54) is 5.56 Å². The second-order valence-electron chi connectivity index (χ2n) is 5.29. The van der Waals surface area contributed by atoms with Gasteiger partial charge < -0.3 is 10.5 Å². The molecule has 104 valence electrons. The predicted octanol–water partition coefficient (Wildman–Crippen LogP) is 2.92. The molecule has 2 N–H and O–H groups in total. The number of likely N-dealkylation sites (tertiary alicyclic amines) is 1. The van der Waals surface area contributed by atoms with E-state index in [9.17, 15) is 0 Å². The Balaban J connectivity index is 1.56. The number of para-hydroxylation sites is 2. The normalized spacial score (nSPS) is 19.1. The molecule has 20 heavy (non-hydrogen) atoms. The van der Waals surface area contributed by atoms with Crippen molar-refractivity contribution in [2.75, 3.05) is 18.8 Å².